The van der Waals surface area contributed by atoms with E-state index in [-0.39, 0.29) is 16.6 Å². The number of nitrogens with one attached hydrogen (secondary N) is 1. The molecule has 0 aromatic carbocycles. The number of carbonyl (C=O) groups is 1. The third kappa shape index (κ3) is 5.63. The summed E-state index contributed by atoms with van der Waals surface area (Å²) in [5.74, 6) is -0.346. The summed E-state index contributed by atoms with van der Waals surface area (Å²) >= 11 is 5.93. The van der Waals surface area contributed by atoms with Crippen LogP contribution in [0, 0.1) is 22.7 Å². The van der Waals surface area contributed by atoms with Gasteiger partial charge in [0.25, 0.3) is 5.91 Å². The molecule has 0 aliphatic carbocycles. The van der Waals surface area contributed by atoms with Gasteiger partial charge in [-0.1, -0.05) is 11.6 Å². The van der Waals surface area contributed by atoms with Gasteiger partial charge in [-0.2, -0.15) is 10.5 Å². The molecule has 8 heteroatoms. The molecule has 1 amide bonds. The standard InChI is InChI=1S/C23H21ClN6O/c1-14(30-22(31)16-6-7-28-20(10-16)23(3,4)13-26)8-19(15(2)27-5)18-9-17(11-25)21(24)29-12-18/h6-10,12H,5H2,1-4H3,(H,30,31)/b14-8+,19-15+. The fourth-order valence-electron chi connectivity index (χ4n) is 2.63. The van der Waals surface area contributed by atoms with Gasteiger partial charge in [-0.15, -0.1) is 0 Å². The van der Waals surface area contributed by atoms with Crippen molar-refractivity contribution >= 4 is 29.8 Å². The monoisotopic (exact) mass is 432 g/mol. The molecule has 0 atom stereocenters. The zero-order valence-corrected chi connectivity index (χ0v) is 18.4. The summed E-state index contributed by atoms with van der Waals surface area (Å²) in [6.07, 6.45) is 4.75. The van der Waals surface area contributed by atoms with Gasteiger partial charge in [0.05, 0.1) is 22.7 Å². The Kier molecular flexibility index (Phi) is 7.42. The predicted molar refractivity (Wildman–Crippen MR) is 120 cm³/mol. The first-order valence-corrected chi connectivity index (χ1v) is 9.61. The molecule has 0 fully saturated rings. The number of aromatic nitrogens is 2. The molecule has 0 bridgehead atoms. The first kappa shape index (κ1) is 23.5. The third-order valence-electron chi connectivity index (χ3n) is 4.51. The van der Waals surface area contributed by atoms with Gasteiger partial charge in [0.1, 0.15) is 11.2 Å². The molecule has 2 heterocycles. The summed E-state index contributed by atoms with van der Waals surface area (Å²) in [5.41, 5.74) is 2.67. The average Bonchev–Trinajstić information content (AvgIpc) is 2.77. The predicted octanol–water partition coefficient (Wildman–Crippen LogP) is 4.57. The van der Waals surface area contributed by atoms with E-state index in [2.05, 4.69) is 33.1 Å². The molecule has 0 unspecified atom stereocenters. The number of rotatable bonds is 6. The summed E-state index contributed by atoms with van der Waals surface area (Å²) in [7, 11) is 0. The van der Waals surface area contributed by atoms with Crippen LogP contribution in [0.3, 0.4) is 0 Å². The number of amides is 1. The molecule has 2 aromatic heterocycles. The van der Waals surface area contributed by atoms with E-state index in [1.54, 1.807) is 52.0 Å². The summed E-state index contributed by atoms with van der Waals surface area (Å²) in [5, 5.41) is 21.5. The minimum absolute atomic E-state index is 0.109. The van der Waals surface area contributed by atoms with E-state index in [1.165, 1.54) is 12.4 Å². The highest BCUT2D eigenvalue weighted by molar-refractivity contribution is 6.30. The van der Waals surface area contributed by atoms with Crippen LogP contribution in [0.4, 0.5) is 0 Å². The highest BCUT2D eigenvalue weighted by Gasteiger charge is 2.22. The molecule has 0 saturated carbocycles. The Morgan fingerprint density at radius 1 is 1.26 bits per heavy atom. The van der Waals surface area contributed by atoms with Crippen molar-refractivity contribution in [3.8, 4) is 12.1 Å². The van der Waals surface area contributed by atoms with Gasteiger partial charge in [0.15, 0.2) is 0 Å². The Morgan fingerprint density at radius 2 is 1.97 bits per heavy atom. The topological polar surface area (TPSA) is 115 Å². The van der Waals surface area contributed by atoms with Crippen molar-refractivity contribution in [3.05, 3.63) is 75.6 Å². The second-order valence-corrected chi connectivity index (χ2v) is 7.64. The van der Waals surface area contributed by atoms with Gasteiger partial charge in [-0.05, 0) is 58.7 Å². The number of halogens is 1. The number of carbonyl (C=O) groups excluding carboxylic acids is 1. The van der Waals surface area contributed by atoms with E-state index in [1.807, 2.05) is 6.07 Å². The number of hydrogen-bond donors (Lipinski definition) is 1. The molecule has 0 saturated heterocycles. The van der Waals surface area contributed by atoms with Gasteiger partial charge in [-0.25, -0.2) is 4.98 Å². The van der Waals surface area contributed by atoms with Gasteiger partial charge < -0.3 is 5.32 Å². The molecule has 0 aliphatic heterocycles. The zero-order chi connectivity index (χ0) is 23.2. The van der Waals surface area contributed by atoms with Crippen molar-refractivity contribution in [2.45, 2.75) is 33.1 Å². The molecular weight excluding hydrogens is 412 g/mol. The molecule has 0 aliphatic rings. The van der Waals surface area contributed by atoms with Crippen LogP contribution in [-0.4, -0.2) is 22.6 Å². The summed E-state index contributed by atoms with van der Waals surface area (Å²) in [6, 6.07) is 8.95. The van der Waals surface area contributed by atoms with Gasteiger partial charge in [-0.3, -0.25) is 14.8 Å². The van der Waals surface area contributed by atoms with E-state index >= 15 is 0 Å². The Morgan fingerprint density at radius 3 is 2.58 bits per heavy atom. The van der Waals surface area contributed by atoms with Crippen LogP contribution in [0.25, 0.3) is 5.57 Å². The minimum Gasteiger partial charge on any atom is -0.326 e. The van der Waals surface area contributed by atoms with E-state index in [0.29, 0.717) is 33.8 Å². The first-order valence-electron chi connectivity index (χ1n) is 9.24. The molecule has 156 valence electrons. The van der Waals surface area contributed by atoms with Gasteiger partial charge in [0, 0.05) is 40.5 Å². The molecule has 1 N–H and O–H groups in total. The molecule has 31 heavy (non-hydrogen) atoms. The number of nitrogens with zero attached hydrogens (tertiary/aromatic N) is 5. The van der Waals surface area contributed by atoms with Crippen molar-refractivity contribution in [1.82, 2.24) is 15.3 Å². The van der Waals surface area contributed by atoms with Crippen molar-refractivity contribution in [1.29, 1.82) is 10.5 Å². The normalized spacial score (nSPS) is 12.3. The lowest BCUT2D eigenvalue weighted by Gasteiger charge is -2.15. The lowest BCUT2D eigenvalue weighted by atomic mass is 9.90. The van der Waals surface area contributed by atoms with Crippen molar-refractivity contribution in [2.75, 3.05) is 0 Å². The Bertz CT molecular complexity index is 1180. The van der Waals surface area contributed by atoms with Crippen LogP contribution < -0.4 is 5.32 Å². The Hall–Kier alpha value is -3.81. The van der Waals surface area contributed by atoms with Crippen LogP contribution in [0.2, 0.25) is 5.15 Å². The van der Waals surface area contributed by atoms with Crippen LogP contribution >= 0.6 is 11.6 Å². The van der Waals surface area contributed by atoms with Gasteiger partial charge >= 0.3 is 0 Å². The van der Waals surface area contributed by atoms with Crippen molar-refractivity contribution < 1.29 is 4.79 Å². The van der Waals surface area contributed by atoms with Crippen molar-refractivity contribution in [3.63, 3.8) is 0 Å². The maximum atomic E-state index is 12.7. The largest absolute Gasteiger partial charge is 0.326 e. The van der Waals surface area contributed by atoms with E-state index in [9.17, 15) is 15.3 Å². The number of nitriles is 2. The molecule has 2 rings (SSSR count). The maximum Gasteiger partial charge on any atom is 0.255 e. The fraction of sp³-hybridized carbons (Fsp3) is 0.217. The SMILES string of the molecule is C=N/C(C)=C(\C=C(/C)NC(=O)c1ccnc(C(C)(C)C#N)c1)c1cnc(Cl)c(C#N)c1. The number of aliphatic imine (C=N–C) groups is 1. The molecular formula is C23H21ClN6O. The highest BCUT2D eigenvalue weighted by Crippen LogP contribution is 2.25. The Balaban J connectivity index is 2.37. The lowest BCUT2D eigenvalue weighted by molar-refractivity contribution is 0.0965. The molecule has 2 aromatic rings. The number of pyridine rings is 2. The van der Waals surface area contributed by atoms with Crippen LogP contribution in [0.5, 0.6) is 0 Å². The smallest absolute Gasteiger partial charge is 0.255 e. The molecule has 0 spiro atoms. The molecule has 0 radical (unpaired) electrons. The van der Waals surface area contributed by atoms with Crippen LogP contribution in [0.15, 0.2) is 53.1 Å². The van der Waals surface area contributed by atoms with Crippen LogP contribution in [-0.2, 0) is 5.41 Å². The average molecular weight is 433 g/mol. The minimum atomic E-state index is -0.816. The van der Waals surface area contributed by atoms with E-state index in [0.717, 1.165) is 0 Å². The van der Waals surface area contributed by atoms with Crippen LogP contribution in [0.1, 0.15) is 54.9 Å². The number of hydrogen-bond acceptors (Lipinski definition) is 6. The Labute approximate surface area is 186 Å². The molecule has 7 nitrogen and oxygen atoms in total. The third-order valence-corrected chi connectivity index (χ3v) is 4.81. The second kappa shape index (κ2) is 9.80. The van der Waals surface area contributed by atoms with E-state index in [4.69, 9.17) is 11.6 Å². The second-order valence-electron chi connectivity index (χ2n) is 7.28. The van der Waals surface area contributed by atoms with Crippen molar-refractivity contribution in [2.24, 2.45) is 4.99 Å². The zero-order valence-electron chi connectivity index (χ0n) is 17.7. The fourth-order valence-corrected chi connectivity index (χ4v) is 2.78. The van der Waals surface area contributed by atoms with E-state index < -0.39 is 5.41 Å². The van der Waals surface area contributed by atoms with Gasteiger partial charge in [0.2, 0.25) is 0 Å². The quantitative estimate of drug-likeness (QED) is 0.408. The first-order chi connectivity index (χ1) is 14.6. The maximum absolute atomic E-state index is 12.7. The summed E-state index contributed by atoms with van der Waals surface area (Å²) in [6.45, 7) is 10.5. The highest BCUT2D eigenvalue weighted by atomic mass is 35.5. The lowest BCUT2D eigenvalue weighted by Crippen LogP contribution is -2.23. The number of allylic oxidation sites excluding steroid dienone is 4. The summed E-state index contributed by atoms with van der Waals surface area (Å²) < 4.78 is 0. The summed E-state index contributed by atoms with van der Waals surface area (Å²) in [4.78, 5) is 25.0.